The Morgan fingerprint density at radius 1 is 1.60 bits per heavy atom. The zero-order chi connectivity index (χ0) is 10.9. The van der Waals surface area contributed by atoms with Gasteiger partial charge in [0.2, 0.25) is 0 Å². The number of hydrogen-bond acceptors (Lipinski definition) is 4. The summed E-state index contributed by atoms with van der Waals surface area (Å²) in [5, 5.41) is 20.4. The topological polar surface area (TPSA) is 86.0 Å². The number of nitriles is 1. The lowest BCUT2D eigenvalue weighted by Crippen LogP contribution is -2.31. The van der Waals surface area contributed by atoms with E-state index >= 15 is 0 Å². The fraction of sp³-hybridized carbons (Fsp3) is 0.300. The predicted molar refractivity (Wildman–Crippen MR) is 52.2 cm³/mol. The van der Waals surface area contributed by atoms with Crippen LogP contribution in [0.15, 0.2) is 18.3 Å². The Hall–Kier alpha value is -2.09. The monoisotopic (exact) mass is 203 g/mol. The molecule has 0 unspecified atom stereocenters. The predicted octanol–water partition coefficient (Wildman–Crippen LogP) is 0.982. The normalized spacial score (nSPS) is 16.5. The molecule has 2 rings (SSSR count). The van der Waals surface area contributed by atoms with Crippen molar-refractivity contribution in [2.24, 2.45) is 0 Å². The molecule has 15 heavy (non-hydrogen) atoms. The Bertz CT molecular complexity index is 429. The molecule has 1 saturated carbocycles. The number of carbonyl (C=O) groups is 1. The highest BCUT2D eigenvalue weighted by molar-refractivity contribution is 5.86. The van der Waals surface area contributed by atoms with E-state index in [-0.39, 0.29) is 0 Å². The average molecular weight is 203 g/mol. The van der Waals surface area contributed by atoms with Crippen LogP contribution in [-0.2, 0) is 4.79 Å². The van der Waals surface area contributed by atoms with Crippen LogP contribution < -0.4 is 5.32 Å². The molecule has 1 aliphatic carbocycles. The van der Waals surface area contributed by atoms with Crippen molar-refractivity contribution < 1.29 is 9.90 Å². The second kappa shape index (κ2) is 3.24. The van der Waals surface area contributed by atoms with Gasteiger partial charge >= 0.3 is 5.97 Å². The van der Waals surface area contributed by atoms with Crippen LogP contribution in [0.25, 0.3) is 0 Å². The van der Waals surface area contributed by atoms with Crippen LogP contribution in [0.3, 0.4) is 0 Å². The minimum Gasteiger partial charge on any atom is -0.480 e. The number of rotatable bonds is 3. The highest BCUT2D eigenvalue weighted by Crippen LogP contribution is 2.38. The van der Waals surface area contributed by atoms with Gasteiger partial charge in [-0.25, -0.2) is 9.78 Å². The van der Waals surface area contributed by atoms with Crippen LogP contribution >= 0.6 is 0 Å². The van der Waals surface area contributed by atoms with E-state index in [4.69, 9.17) is 10.4 Å². The molecule has 0 aliphatic heterocycles. The summed E-state index contributed by atoms with van der Waals surface area (Å²) in [6.07, 6.45) is 2.73. The fourth-order valence-corrected chi connectivity index (χ4v) is 1.33. The molecule has 0 bridgehead atoms. The van der Waals surface area contributed by atoms with Crippen molar-refractivity contribution in [3.8, 4) is 6.07 Å². The maximum absolute atomic E-state index is 10.9. The first-order valence-electron chi connectivity index (χ1n) is 4.54. The Kier molecular flexibility index (Phi) is 2.05. The van der Waals surface area contributed by atoms with E-state index in [1.165, 1.54) is 6.20 Å². The van der Waals surface area contributed by atoms with Crippen LogP contribution in [0.1, 0.15) is 18.5 Å². The zero-order valence-corrected chi connectivity index (χ0v) is 7.90. The summed E-state index contributed by atoms with van der Waals surface area (Å²) in [5.74, 6) is -0.841. The maximum Gasteiger partial charge on any atom is 0.329 e. The van der Waals surface area contributed by atoms with Gasteiger partial charge in [-0.3, -0.25) is 0 Å². The molecular weight excluding hydrogens is 194 g/mol. The van der Waals surface area contributed by atoms with Crippen molar-refractivity contribution in [3.63, 3.8) is 0 Å². The maximum atomic E-state index is 10.9. The Morgan fingerprint density at radius 3 is 2.73 bits per heavy atom. The minimum atomic E-state index is -0.841. The van der Waals surface area contributed by atoms with Crippen LogP contribution in [0.4, 0.5) is 5.69 Å². The van der Waals surface area contributed by atoms with Crippen molar-refractivity contribution in [2.45, 2.75) is 18.4 Å². The van der Waals surface area contributed by atoms with Crippen molar-refractivity contribution in [1.29, 1.82) is 5.26 Å². The first-order valence-corrected chi connectivity index (χ1v) is 4.54. The second-order valence-electron chi connectivity index (χ2n) is 3.56. The quantitative estimate of drug-likeness (QED) is 0.764. The van der Waals surface area contributed by atoms with Crippen molar-refractivity contribution in [2.75, 3.05) is 5.32 Å². The molecule has 0 atom stereocenters. The largest absolute Gasteiger partial charge is 0.480 e. The van der Waals surface area contributed by atoms with E-state index in [9.17, 15) is 4.79 Å². The van der Waals surface area contributed by atoms with E-state index in [1.807, 2.05) is 6.07 Å². The first-order chi connectivity index (χ1) is 7.16. The molecule has 0 spiro atoms. The van der Waals surface area contributed by atoms with Gasteiger partial charge in [-0.15, -0.1) is 0 Å². The van der Waals surface area contributed by atoms with Gasteiger partial charge in [-0.2, -0.15) is 5.26 Å². The molecule has 0 aromatic carbocycles. The third-order valence-corrected chi connectivity index (χ3v) is 2.42. The summed E-state index contributed by atoms with van der Waals surface area (Å²) in [4.78, 5) is 14.7. The molecule has 1 aliphatic rings. The Balaban J connectivity index is 2.12. The second-order valence-corrected chi connectivity index (χ2v) is 3.56. The summed E-state index contributed by atoms with van der Waals surface area (Å²) in [6, 6.07) is 5.12. The van der Waals surface area contributed by atoms with Gasteiger partial charge < -0.3 is 10.4 Å². The van der Waals surface area contributed by atoms with Crippen LogP contribution in [0, 0.1) is 11.3 Å². The molecule has 2 N–H and O–H groups in total. The number of nitrogens with zero attached hydrogens (tertiary/aromatic N) is 2. The molecule has 1 aromatic rings. The van der Waals surface area contributed by atoms with Crippen molar-refractivity contribution in [1.82, 2.24) is 4.98 Å². The number of carboxylic acids is 1. The molecule has 5 heteroatoms. The summed E-state index contributed by atoms with van der Waals surface area (Å²) in [6.45, 7) is 0. The molecule has 5 nitrogen and oxygen atoms in total. The molecule has 1 fully saturated rings. The Labute approximate surface area is 86.4 Å². The number of aliphatic carboxylic acids is 1. The highest BCUT2D eigenvalue weighted by atomic mass is 16.4. The van der Waals surface area contributed by atoms with Gasteiger partial charge in [0.1, 0.15) is 17.3 Å². The third kappa shape index (κ3) is 1.74. The smallest absolute Gasteiger partial charge is 0.329 e. The van der Waals surface area contributed by atoms with Crippen LogP contribution in [-0.4, -0.2) is 21.6 Å². The summed E-state index contributed by atoms with van der Waals surface area (Å²) < 4.78 is 0. The number of aromatic nitrogens is 1. The van der Waals surface area contributed by atoms with E-state index in [2.05, 4.69) is 10.3 Å². The number of hydrogen-bond donors (Lipinski definition) is 2. The average Bonchev–Trinajstić information content (AvgIpc) is 3.00. The summed E-state index contributed by atoms with van der Waals surface area (Å²) in [5.41, 5.74) is 0.144. The molecule has 1 heterocycles. The minimum absolute atomic E-state index is 0.320. The molecule has 0 saturated heterocycles. The highest BCUT2D eigenvalue weighted by Gasteiger charge is 2.50. The van der Waals surface area contributed by atoms with Gasteiger partial charge in [0.05, 0.1) is 11.9 Å². The van der Waals surface area contributed by atoms with Gasteiger partial charge in [0.25, 0.3) is 0 Å². The molecule has 76 valence electrons. The number of carboxylic acid groups (broad SMARTS) is 1. The van der Waals surface area contributed by atoms with Gasteiger partial charge in [-0.1, -0.05) is 0 Å². The van der Waals surface area contributed by atoms with Gasteiger partial charge in [0.15, 0.2) is 0 Å². The van der Waals surface area contributed by atoms with E-state index in [0.717, 1.165) is 0 Å². The van der Waals surface area contributed by atoms with Crippen LogP contribution in [0.5, 0.6) is 0 Å². The number of anilines is 1. The fourth-order valence-electron chi connectivity index (χ4n) is 1.33. The molecule has 0 amide bonds. The lowest BCUT2D eigenvalue weighted by Gasteiger charge is -2.12. The van der Waals surface area contributed by atoms with Crippen LogP contribution in [0.2, 0.25) is 0 Å². The first kappa shape index (κ1) is 9.46. The van der Waals surface area contributed by atoms with E-state index in [1.54, 1.807) is 12.1 Å². The standard InChI is InChI=1S/C10H9N3O2/c11-5-7-1-2-8(6-12-7)13-10(3-4-10)9(14)15/h1-2,6,13H,3-4H2,(H,14,15). The molecule has 1 aromatic heterocycles. The van der Waals surface area contributed by atoms with Crippen molar-refractivity contribution >= 4 is 11.7 Å². The Morgan fingerprint density at radius 2 is 2.33 bits per heavy atom. The number of pyridine rings is 1. The number of nitrogens with one attached hydrogen (secondary N) is 1. The SMILES string of the molecule is N#Cc1ccc(NC2(C(=O)O)CC2)cn1. The molecular formula is C10H9N3O2. The van der Waals surface area contributed by atoms with Crippen molar-refractivity contribution in [3.05, 3.63) is 24.0 Å². The summed E-state index contributed by atoms with van der Waals surface area (Å²) in [7, 11) is 0. The molecule has 0 radical (unpaired) electrons. The van der Waals surface area contributed by atoms with E-state index in [0.29, 0.717) is 24.2 Å². The lowest BCUT2D eigenvalue weighted by atomic mass is 10.2. The zero-order valence-electron chi connectivity index (χ0n) is 7.90. The third-order valence-electron chi connectivity index (χ3n) is 2.42. The van der Waals surface area contributed by atoms with Gasteiger partial charge in [-0.05, 0) is 25.0 Å². The summed E-state index contributed by atoms with van der Waals surface area (Å²) >= 11 is 0. The van der Waals surface area contributed by atoms with Gasteiger partial charge in [0, 0.05) is 0 Å². The lowest BCUT2D eigenvalue weighted by molar-refractivity contribution is -0.138. The van der Waals surface area contributed by atoms with E-state index < -0.39 is 11.5 Å².